The summed E-state index contributed by atoms with van der Waals surface area (Å²) in [6, 6.07) is 4.92. The third kappa shape index (κ3) is 2.74. The number of hydrogen-bond donors (Lipinski definition) is 1. The molecule has 4 nitrogen and oxygen atoms in total. The Hall–Kier alpha value is -1.07. The summed E-state index contributed by atoms with van der Waals surface area (Å²) in [4.78, 5) is 0.160. The Morgan fingerprint density at radius 2 is 2.06 bits per heavy atom. The minimum atomic E-state index is -3.32. The van der Waals surface area contributed by atoms with Gasteiger partial charge in [-0.05, 0) is 17.7 Å². The zero-order valence-electron chi connectivity index (χ0n) is 9.60. The van der Waals surface area contributed by atoms with Gasteiger partial charge in [-0.1, -0.05) is 13.0 Å². The average Bonchev–Trinajstić information content (AvgIpc) is 2.26. The fourth-order valence-corrected chi connectivity index (χ4v) is 2.26. The number of rotatable bonds is 4. The van der Waals surface area contributed by atoms with Crippen molar-refractivity contribution < 1.29 is 18.3 Å². The molecule has 0 aliphatic heterocycles. The Labute approximate surface area is 95.8 Å². The number of aliphatic hydroxyl groups excluding tert-OH is 1. The molecule has 0 bridgehead atoms. The van der Waals surface area contributed by atoms with Crippen LogP contribution in [0, 0.1) is 0 Å². The minimum Gasteiger partial charge on any atom is -0.495 e. The Morgan fingerprint density at radius 3 is 2.50 bits per heavy atom. The summed E-state index contributed by atoms with van der Waals surface area (Å²) in [7, 11) is -1.89. The van der Waals surface area contributed by atoms with Crippen LogP contribution in [-0.2, 0) is 9.84 Å². The van der Waals surface area contributed by atoms with E-state index in [0.717, 1.165) is 11.8 Å². The molecule has 0 fully saturated rings. The molecule has 0 aliphatic rings. The van der Waals surface area contributed by atoms with Gasteiger partial charge in [-0.3, -0.25) is 0 Å². The minimum absolute atomic E-state index is 0.0183. The van der Waals surface area contributed by atoms with E-state index in [1.807, 2.05) is 6.92 Å². The van der Waals surface area contributed by atoms with Crippen LogP contribution in [-0.4, -0.2) is 33.5 Å². The summed E-state index contributed by atoms with van der Waals surface area (Å²) in [5, 5.41) is 9.03. The second kappa shape index (κ2) is 4.84. The van der Waals surface area contributed by atoms with E-state index in [1.165, 1.54) is 7.11 Å². The van der Waals surface area contributed by atoms with Gasteiger partial charge in [0.25, 0.3) is 0 Å². The summed E-state index contributed by atoms with van der Waals surface area (Å²) in [6.07, 6.45) is 1.14. The van der Waals surface area contributed by atoms with Crippen molar-refractivity contribution in [2.45, 2.75) is 17.7 Å². The lowest BCUT2D eigenvalue weighted by Crippen LogP contribution is -2.04. The lowest BCUT2D eigenvalue weighted by atomic mass is 10.0. The molecule has 90 valence electrons. The van der Waals surface area contributed by atoms with Crippen LogP contribution in [0.2, 0.25) is 0 Å². The highest BCUT2D eigenvalue weighted by Crippen LogP contribution is 2.27. The molecule has 0 radical (unpaired) electrons. The van der Waals surface area contributed by atoms with Gasteiger partial charge in [0.1, 0.15) is 10.6 Å². The first-order chi connectivity index (χ1) is 7.40. The normalized spacial score (nSPS) is 13.5. The molecule has 0 heterocycles. The molecule has 1 aromatic rings. The highest BCUT2D eigenvalue weighted by atomic mass is 32.2. The SMILES string of the molecule is COc1ccc(C(C)CO)cc1S(C)(=O)=O. The van der Waals surface area contributed by atoms with Crippen molar-refractivity contribution in [1.29, 1.82) is 0 Å². The van der Waals surface area contributed by atoms with Gasteiger partial charge in [0, 0.05) is 18.8 Å². The molecule has 1 aromatic carbocycles. The summed E-state index contributed by atoms with van der Waals surface area (Å²) in [5.41, 5.74) is 0.781. The second-order valence-corrected chi connectivity index (χ2v) is 5.75. The van der Waals surface area contributed by atoms with E-state index >= 15 is 0 Å². The Balaban J connectivity index is 3.33. The summed E-state index contributed by atoms with van der Waals surface area (Å²) >= 11 is 0. The number of benzene rings is 1. The highest BCUT2D eigenvalue weighted by Gasteiger charge is 2.16. The number of hydrogen-bond acceptors (Lipinski definition) is 4. The van der Waals surface area contributed by atoms with Gasteiger partial charge >= 0.3 is 0 Å². The first-order valence-electron chi connectivity index (χ1n) is 4.89. The van der Waals surface area contributed by atoms with Crippen LogP contribution < -0.4 is 4.74 Å². The van der Waals surface area contributed by atoms with E-state index in [9.17, 15) is 8.42 Å². The van der Waals surface area contributed by atoms with Gasteiger partial charge in [0.2, 0.25) is 0 Å². The van der Waals surface area contributed by atoms with Crippen molar-refractivity contribution in [2.24, 2.45) is 0 Å². The lowest BCUT2D eigenvalue weighted by molar-refractivity contribution is 0.273. The van der Waals surface area contributed by atoms with Crippen LogP contribution in [0.15, 0.2) is 23.1 Å². The van der Waals surface area contributed by atoms with E-state index in [2.05, 4.69) is 0 Å². The van der Waals surface area contributed by atoms with Crippen LogP contribution in [0.25, 0.3) is 0 Å². The molecule has 0 saturated heterocycles. The fourth-order valence-electron chi connectivity index (χ4n) is 1.39. The topological polar surface area (TPSA) is 63.6 Å². The van der Waals surface area contributed by atoms with Gasteiger partial charge in [0.05, 0.1) is 7.11 Å². The monoisotopic (exact) mass is 244 g/mol. The molecule has 5 heteroatoms. The molecule has 0 amide bonds. The molecule has 0 spiro atoms. The van der Waals surface area contributed by atoms with Gasteiger partial charge in [-0.15, -0.1) is 0 Å². The van der Waals surface area contributed by atoms with Gasteiger partial charge in [-0.2, -0.15) is 0 Å². The van der Waals surface area contributed by atoms with Crippen LogP contribution >= 0.6 is 0 Å². The predicted octanol–water partition coefficient (Wildman–Crippen LogP) is 1.19. The molecule has 1 atom stereocenters. The van der Waals surface area contributed by atoms with E-state index in [4.69, 9.17) is 9.84 Å². The highest BCUT2D eigenvalue weighted by molar-refractivity contribution is 7.90. The van der Waals surface area contributed by atoms with Crippen LogP contribution in [0.1, 0.15) is 18.4 Å². The van der Waals surface area contributed by atoms with E-state index < -0.39 is 9.84 Å². The summed E-state index contributed by atoms with van der Waals surface area (Å²) < 4.78 is 28.1. The zero-order valence-corrected chi connectivity index (χ0v) is 10.4. The van der Waals surface area contributed by atoms with Gasteiger partial charge < -0.3 is 9.84 Å². The average molecular weight is 244 g/mol. The second-order valence-electron chi connectivity index (χ2n) is 3.77. The largest absolute Gasteiger partial charge is 0.495 e. The molecular formula is C11H16O4S. The number of aliphatic hydroxyl groups is 1. The molecule has 1 unspecified atom stereocenters. The number of sulfone groups is 1. The third-order valence-electron chi connectivity index (χ3n) is 2.43. The Kier molecular flexibility index (Phi) is 3.93. The predicted molar refractivity (Wildman–Crippen MR) is 61.6 cm³/mol. The van der Waals surface area contributed by atoms with Crippen molar-refractivity contribution in [1.82, 2.24) is 0 Å². The smallest absolute Gasteiger partial charge is 0.179 e. The molecule has 0 aliphatic carbocycles. The van der Waals surface area contributed by atoms with Crippen LogP contribution in [0.3, 0.4) is 0 Å². The molecule has 1 rings (SSSR count). The Bertz CT molecular complexity index is 465. The maximum atomic E-state index is 11.5. The summed E-state index contributed by atoms with van der Waals surface area (Å²) in [5.74, 6) is 0.239. The maximum absolute atomic E-state index is 11.5. The van der Waals surface area contributed by atoms with Crippen molar-refractivity contribution in [3.05, 3.63) is 23.8 Å². The summed E-state index contributed by atoms with van der Waals surface area (Å²) in [6.45, 7) is 1.81. The van der Waals surface area contributed by atoms with Crippen molar-refractivity contribution in [3.8, 4) is 5.75 Å². The van der Waals surface area contributed by atoms with Crippen molar-refractivity contribution in [2.75, 3.05) is 20.0 Å². The van der Waals surface area contributed by atoms with Gasteiger partial charge in [0.15, 0.2) is 9.84 Å². The molecule has 16 heavy (non-hydrogen) atoms. The quantitative estimate of drug-likeness (QED) is 0.864. The lowest BCUT2D eigenvalue weighted by Gasteiger charge is -2.12. The molecular weight excluding hydrogens is 228 g/mol. The first-order valence-corrected chi connectivity index (χ1v) is 6.78. The number of methoxy groups -OCH3 is 1. The first kappa shape index (κ1) is 13.0. The standard InChI is InChI=1S/C11H16O4S/c1-8(7-12)9-4-5-10(15-2)11(6-9)16(3,13)14/h4-6,8,12H,7H2,1-3H3. The molecule has 0 aromatic heterocycles. The van der Waals surface area contributed by atoms with E-state index in [-0.39, 0.29) is 17.4 Å². The van der Waals surface area contributed by atoms with Crippen molar-refractivity contribution in [3.63, 3.8) is 0 Å². The van der Waals surface area contributed by atoms with E-state index in [0.29, 0.717) is 5.75 Å². The maximum Gasteiger partial charge on any atom is 0.179 e. The molecule has 0 saturated carbocycles. The van der Waals surface area contributed by atoms with Crippen LogP contribution in [0.5, 0.6) is 5.75 Å². The number of ether oxygens (including phenoxy) is 1. The fraction of sp³-hybridized carbons (Fsp3) is 0.455. The molecule has 1 N–H and O–H groups in total. The Morgan fingerprint density at radius 1 is 1.44 bits per heavy atom. The van der Waals surface area contributed by atoms with E-state index in [1.54, 1.807) is 18.2 Å². The van der Waals surface area contributed by atoms with Gasteiger partial charge in [-0.25, -0.2) is 8.42 Å². The van der Waals surface area contributed by atoms with Crippen molar-refractivity contribution >= 4 is 9.84 Å². The third-order valence-corrected chi connectivity index (χ3v) is 3.55. The van der Waals surface area contributed by atoms with Crippen LogP contribution in [0.4, 0.5) is 0 Å². The zero-order chi connectivity index (χ0) is 12.3.